The fourth-order valence-corrected chi connectivity index (χ4v) is 2.72. The number of aliphatic hydroxyl groups excluding tert-OH is 1. The average molecular weight is 246 g/mol. The Morgan fingerprint density at radius 3 is 2.76 bits per heavy atom. The van der Waals surface area contributed by atoms with Gasteiger partial charge >= 0.3 is 0 Å². The van der Waals surface area contributed by atoms with Crippen molar-refractivity contribution < 1.29 is 14.2 Å². The number of nitrogens with one attached hydrogen (secondary N) is 2. The molecule has 0 aromatic carbocycles. The van der Waals surface area contributed by atoms with Crippen LogP contribution in [0.5, 0.6) is 0 Å². The molecule has 1 unspecified atom stereocenters. The minimum Gasteiger partial charge on any atom is -0.356 e. The Hall–Kier alpha value is -0.230. The van der Waals surface area contributed by atoms with Crippen molar-refractivity contribution in [3.8, 4) is 0 Å². The molecule has 17 heavy (non-hydrogen) atoms. The van der Waals surface area contributed by atoms with Crippen molar-refractivity contribution in [2.75, 3.05) is 0 Å². The lowest BCUT2D eigenvalue weighted by atomic mass is 9.98. The SMILES string of the molecule is CC(C)(C)OC(O)N[C@H]1C[C@H]2CC[C@H](N2)[C@H]1F. The molecule has 0 aromatic rings. The average Bonchev–Trinajstić information content (AvgIpc) is 2.55. The van der Waals surface area contributed by atoms with Crippen LogP contribution in [-0.2, 0) is 4.74 Å². The molecule has 2 bridgehead atoms. The predicted molar refractivity (Wildman–Crippen MR) is 63.2 cm³/mol. The van der Waals surface area contributed by atoms with Gasteiger partial charge in [0.1, 0.15) is 6.17 Å². The van der Waals surface area contributed by atoms with Crippen LogP contribution in [0.1, 0.15) is 40.0 Å². The van der Waals surface area contributed by atoms with Crippen LogP contribution in [0, 0.1) is 0 Å². The molecule has 0 amide bonds. The first-order valence-electron chi connectivity index (χ1n) is 6.37. The van der Waals surface area contributed by atoms with Crippen LogP contribution < -0.4 is 10.6 Å². The van der Waals surface area contributed by atoms with Crippen LogP contribution >= 0.6 is 0 Å². The van der Waals surface area contributed by atoms with E-state index in [1.807, 2.05) is 20.8 Å². The van der Waals surface area contributed by atoms with Gasteiger partial charge in [-0.05, 0) is 40.0 Å². The highest BCUT2D eigenvalue weighted by Gasteiger charge is 2.42. The Balaban J connectivity index is 1.86. The summed E-state index contributed by atoms with van der Waals surface area (Å²) in [7, 11) is 0. The largest absolute Gasteiger partial charge is 0.356 e. The molecule has 5 heteroatoms. The van der Waals surface area contributed by atoms with E-state index in [-0.39, 0.29) is 12.1 Å². The van der Waals surface area contributed by atoms with E-state index in [1.54, 1.807) is 0 Å². The third-order valence-corrected chi connectivity index (χ3v) is 3.40. The van der Waals surface area contributed by atoms with E-state index < -0.39 is 18.2 Å². The van der Waals surface area contributed by atoms with Crippen LogP contribution in [0.2, 0.25) is 0 Å². The molecule has 100 valence electrons. The maximum atomic E-state index is 14.0. The molecule has 0 aromatic heterocycles. The smallest absolute Gasteiger partial charge is 0.214 e. The Morgan fingerprint density at radius 1 is 1.41 bits per heavy atom. The van der Waals surface area contributed by atoms with Crippen molar-refractivity contribution in [2.45, 2.75) is 76.3 Å². The van der Waals surface area contributed by atoms with Crippen LogP contribution in [0.15, 0.2) is 0 Å². The molecule has 3 N–H and O–H groups in total. The van der Waals surface area contributed by atoms with Crippen molar-refractivity contribution in [1.82, 2.24) is 10.6 Å². The first-order valence-corrected chi connectivity index (χ1v) is 6.37. The maximum absolute atomic E-state index is 14.0. The quantitative estimate of drug-likeness (QED) is 0.648. The summed E-state index contributed by atoms with van der Waals surface area (Å²) >= 11 is 0. The van der Waals surface area contributed by atoms with Gasteiger partial charge in [0.15, 0.2) is 0 Å². The van der Waals surface area contributed by atoms with Crippen molar-refractivity contribution in [1.29, 1.82) is 0 Å². The van der Waals surface area contributed by atoms with Gasteiger partial charge in [0.2, 0.25) is 6.41 Å². The van der Waals surface area contributed by atoms with Gasteiger partial charge < -0.3 is 15.2 Å². The fourth-order valence-electron chi connectivity index (χ4n) is 2.72. The zero-order chi connectivity index (χ0) is 12.6. The van der Waals surface area contributed by atoms with Crippen molar-refractivity contribution in [3.05, 3.63) is 0 Å². The lowest BCUT2D eigenvalue weighted by Gasteiger charge is -2.35. The molecule has 0 radical (unpaired) electrons. The van der Waals surface area contributed by atoms with Gasteiger partial charge in [-0.15, -0.1) is 0 Å². The van der Waals surface area contributed by atoms with Crippen molar-refractivity contribution in [2.24, 2.45) is 0 Å². The Kier molecular flexibility index (Phi) is 3.73. The number of alkyl halides is 1. The summed E-state index contributed by atoms with van der Waals surface area (Å²) in [6.07, 6.45) is 0.574. The van der Waals surface area contributed by atoms with Gasteiger partial charge in [0.05, 0.1) is 5.60 Å². The van der Waals surface area contributed by atoms with Crippen LogP contribution in [0.4, 0.5) is 4.39 Å². The number of hydrogen-bond acceptors (Lipinski definition) is 4. The normalized spacial score (nSPS) is 39.4. The second kappa shape index (κ2) is 4.80. The lowest BCUT2D eigenvalue weighted by Crippen LogP contribution is -2.58. The van der Waals surface area contributed by atoms with Gasteiger partial charge in [-0.3, -0.25) is 5.32 Å². The van der Waals surface area contributed by atoms with E-state index in [0.717, 1.165) is 12.8 Å². The van der Waals surface area contributed by atoms with Gasteiger partial charge in [0, 0.05) is 18.1 Å². The van der Waals surface area contributed by atoms with E-state index >= 15 is 0 Å². The molecule has 2 rings (SSSR count). The summed E-state index contributed by atoms with van der Waals surface area (Å²) in [4.78, 5) is 0. The zero-order valence-electron chi connectivity index (χ0n) is 10.7. The number of ether oxygens (including phenoxy) is 1. The monoisotopic (exact) mass is 246 g/mol. The van der Waals surface area contributed by atoms with E-state index in [9.17, 15) is 9.50 Å². The molecule has 2 fully saturated rings. The van der Waals surface area contributed by atoms with E-state index in [2.05, 4.69) is 10.6 Å². The molecule has 2 heterocycles. The molecule has 0 aliphatic carbocycles. The van der Waals surface area contributed by atoms with Crippen LogP contribution in [0.25, 0.3) is 0 Å². The third-order valence-electron chi connectivity index (χ3n) is 3.40. The van der Waals surface area contributed by atoms with E-state index in [4.69, 9.17) is 4.74 Å². The molecule has 2 aliphatic heterocycles. The van der Waals surface area contributed by atoms with Crippen molar-refractivity contribution in [3.63, 3.8) is 0 Å². The number of aliphatic hydroxyl groups is 1. The Morgan fingerprint density at radius 2 is 2.12 bits per heavy atom. The molecular formula is C12H23FN2O2. The molecule has 0 spiro atoms. The topological polar surface area (TPSA) is 53.5 Å². The third kappa shape index (κ3) is 3.37. The standard InChI is InChI=1S/C12H23FN2O2/c1-12(2,3)17-11(16)15-9-6-7-4-5-8(14-7)10(9)13/h7-11,14-16H,4-6H2,1-3H3/t7-,8+,9+,10-,11?/m1/s1. The summed E-state index contributed by atoms with van der Waals surface area (Å²) < 4.78 is 19.4. The summed E-state index contributed by atoms with van der Waals surface area (Å²) in [5.41, 5.74) is -0.440. The first-order chi connectivity index (χ1) is 7.85. The molecule has 5 atom stereocenters. The van der Waals surface area contributed by atoms with Gasteiger partial charge in [-0.2, -0.15) is 0 Å². The highest BCUT2D eigenvalue weighted by atomic mass is 19.1. The number of piperidine rings is 1. The molecule has 4 nitrogen and oxygen atoms in total. The minimum atomic E-state index is -1.10. The minimum absolute atomic E-state index is 0.0620. The summed E-state index contributed by atoms with van der Waals surface area (Å²) in [6.45, 7) is 5.57. The molecule has 0 saturated carbocycles. The number of halogens is 1. The number of rotatable bonds is 3. The second-order valence-electron chi connectivity index (χ2n) is 6.08. The van der Waals surface area contributed by atoms with Gasteiger partial charge in [-0.25, -0.2) is 4.39 Å². The summed E-state index contributed by atoms with van der Waals surface area (Å²) in [5.74, 6) is 0. The summed E-state index contributed by atoms with van der Waals surface area (Å²) in [5, 5.41) is 15.8. The van der Waals surface area contributed by atoms with Gasteiger partial charge in [0.25, 0.3) is 0 Å². The Labute approximate surface area is 102 Å². The second-order valence-corrected chi connectivity index (χ2v) is 6.08. The Bertz CT molecular complexity index is 270. The molecular weight excluding hydrogens is 223 g/mol. The van der Waals surface area contributed by atoms with Crippen LogP contribution in [0.3, 0.4) is 0 Å². The number of fused-ring (bicyclic) bond motifs is 2. The maximum Gasteiger partial charge on any atom is 0.214 e. The first kappa shape index (κ1) is 13.2. The fraction of sp³-hybridized carbons (Fsp3) is 1.00. The number of hydrogen-bond donors (Lipinski definition) is 3. The summed E-state index contributed by atoms with van der Waals surface area (Å²) in [6, 6.07) is 0.00511. The predicted octanol–water partition coefficient (Wildman–Crippen LogP) is 0.898. The lowest BCUT2D eigenvalue weighted by molar-refractivity contribution is -0.189. The highest BCUT2D eigenvalue weighted by molar-refractivity contribution is 5.01. The molecule has 2 saturated heterocycles. The van der Waals surface area contributed by atoms with E-state index in [1.165, 1.54) is 0 Å². The zero-order valence-corrected chi connectivity index (χ0v) is 10.7. The molecule has 2 aliphatic rings. The highest BCUT2D eigenvalue weighted by Crippen LogP contribution is 2.29. The van der Waals surface area contributed by atoms with Crippen LogP contribution in [-0.4, -0.2) is 41.4 Å². The van der Waals surface area contributed by atoms with Gasteiger partial charge in [-0.1, -0.05) is 0 Å². The van der Waals surface area contributed by atoms with Crippen molar-refractivity contribution >= 4 is 0 Å². The van der Waals surface area contributed by atoms with E-state index in [0.29, 0.717) is 12.5 Å².